The van der Waals surface area contributed by atoms with Crippen LogP contribution in [0.5, 0.6) is 0 Å². The van der Waals surface area contributed by atoms with E-state index in [1.165, 1.54) is 12.8 Å². The molecule has 1 aliphatic heterocycles. The molecule has 0 bridgehead atoms. The van der Waals surface area contributed by atoms with E-state index in [1.807, 2.05) is 30.3 Å². The van der Waals surface area contributed by atoms with Crippen LogP contribution in [0.2, 0.25) is 0 Å². The van der Waals surface area contributed by atoms with Crippen LogP contribution < -0.4 is 10.6 Å². The molecule has 0 saturated carbocycles. The highest BCUT2D eigenvalue weighted by molar-refractivity contribution is 6.00. The van der Waals surface area contributed by atoms with E-state index in [1.54, 1.807) is 6.20 Å². The maximum absolute atomic E-state index is 12.4. The molecule has 4 heteroatoms. The van der Waals surface area contributed by atoms with Crippen molar-refractivity contribution in [2.75, 3.05) is 18.4 Å². The topological polar surface area (TPSA) is 54.0 Å². The number of aromatic nitrogens is 1. The summed E-state index contributed by atoms with van der Waals surface area (Å²) in [4.78, 5) is 16.7. The molecule has 0 spiro atoms. The zero-order valence-electron chi connectivity index (χ0n) is 13.0. The number of anilines is 1. The van der Waals surface area contributed by atoms with E-state index in [0.29, 0.717) is 18.3 Å². The molecule has 2 heterocycles. The van der Waals surface area contributed by atoms with Gasteiger partial charge in [0.05, 0.1) is 11.2 Å². The Morgan fingerprint density at radius 3 is 3.14 bits per heavy atom. The minimum absolute atomic E-state index is 0.0921. The van der Waals surface area contributed by atoms with Gasteiger partial charge in [-0.25, -0.2) is 0 Å². The van der Waals surface area contributed by atoms with Gasteiger partial charge in [-0.3, -0.25) is 9.78 Å². The summed E-state index contributed by atoms with van der Waals surface area (Å²) in [5.74, 6) is 1.10. The molecule has 2 atom stereocenters. The van der Waals surface area contributed by atoms with Crippen molar-refractivity contribution < 1.29 is 4.79 Å². The van der Waals surface area contributed by atoms with Gasteiger partial charge in [-0.05, 0) is 62.0 Å². The van der Waals surface area contributed by atoms with Crippen LogP contribution in [0.15, 0.2) is 36.5 Å². The van der Waals surface area contributed by atoms with Gasteiger partial charge in [0.2, 0.25) is 5.91 Å². The van der Waals surface area contributed by atoms with E-state index in [9.17, 15) is 4.79 Å². The Morgan fingerprint density at radius 1 is 1.41 bits per heavy atom. The molecule has 4 nitrogen and oxygen atoms in total. The summed E-state index contributed by atoms with van der Waals surface area (Å²) in [7, 11) is 0. The molecule has 0 aliphatic carbocycles. The molecule has 2 N–H and O–H groups in total. The molecule has 0 radical (unpaired) electrons. The lowest BCUT2D eigenvalue weighted by Crippen LogP contribution is -2.34. The Labute approximate surface area is 131 Å². The number of rotatable bonds is 4. The molecule has 22 heavy (non-hydrogen) atoms. The van der Waals surface area contributed by atoms with Crippen LogP contribution >= 0.6 is 0 Å². The first kappa shape index (κ1) is 15.0. The Balaban J connectivity index is 1.65. The van der Waals surface area contributed by atoms with Crippen LogP contribution in [0, 0.1) is 11.8 Å². The van der Waals surface area contributed by atoms with Gasteiger partial charge in [0, 0.05) is 18.0 Å². The van der Waals surface area contributed by atoms with Gasteiger partial charge in [0.15, 0.2) is 0 Å². The summed E-state index contributed by atoms with van der Waals surface area (Å²) in [6.45, 7) is 4.33. The zero-order chi connectivity index (χ0) is 15.4. The van der Waals surface area contributed by atoms with Gasteiger partial charge in [-0.15, -0.1) is 0 Å². The molecule has 1 aromatic heterocycles. The highest BCUT2D eigenvalue weighted by Gasteiger charge is 2.22. The fourth-order valence-corrected chi connectivity index (χ4v) is 3.24. The van der Waals surface area contributed by atoms with Gasteiger partial charge < -0.3 is 10.6 Å². The van der Waals surface area contributed by atoms with Gasteiger partial charge in [-0.2, -0.15) is 0 Å². The molecule has 1 saturated heterocycles. The number of amides is 1. The van der Waals surface area contributed by atoms with E-state index in [-0.39, 0.29) is 5.91 Å². The van der Waals surface area contributed by atoms with Gasteiger partial charge in [-0.1, -0.05) is 13.0 Å². The second kappa shape index (κ2) is 6.88. The number of hydrogen-bond donors (Lipinski definition) is 2. The fourth-order valence-electron chi connectivity index (χ4n) is 3.24. The van der Waals surface area contributed by atoms with Crippen LogP contribution in [-0.2, 0) is 4.79 Å². The summed E-state index contributed by atoms with van der Waals surface area (Å²) in [5.41, 5.74) is 1.76. The molecule has 1 fully saturated rings. The van der Waals surface area contributed by atoms with Crippen molar-refractivity contribution in [1.29, 1.82) is 0 Å². The second-order valence-corrected chi connectivity index (χ2v) is 6.21. The van der Waals surface area contributed by atoms with E-state index >= 15 is 0 Å². The number of pyridine rings is 1. The monoisotopic (exact) mass is 297 g/mol. The van der Waals surface area contributed by atoms with E-state index in [0.717, 1.165) is 29.7 Å². The van der Waals surface area contributed by atoms with Crippen molar-refractivity contribution in [3.8, 4) is 0 Å². The van der Waals surface area contributed by atoms with Crippen LogP contribution in [0.3, 0.4) is 0 Å². The first-order valence-electron chi connectivity index (χ1n) is 8.08. The third kappa shape index (κ3) is 3.45. The molecule has 2 aromatic rings. The number of fused-ring (bicyclic) bond motifs is 1. The number of carbonyl (C=O) groups is 1. The van der Waals surface area contributed by atoms with Gasteiger partial charge in [0.1, 0.15) is 0 Å². The minimum atomic E-state index is 0.0921. The van der Waals surface area contributed by atoms with Crippen molar-refractivity contribution >= 4 is 22.5 Å². The average molecular weight is 297 g/mol. The third-order valence-electron chi connectivity index (χ3n) is 4.57. The molecule has 2 unspecified atom stereocenters. The maximum Gasteiger partial charge on any atom is 0.224 e. The van der Waals surface area contributed by atoms with Crippen LogP contribution in [-0.4, -0.2) is 24.0 Å². The zero-order valence-corrected chi connectivity index (χ0v) is 13.0. The van der Waals surface area contributed by atoms with Crippen molar-refractivity contribution in [2.24, 2.45) is 11.8 Å². The Bertz CT molecular complexity index is 644. The number of benzene rings is 1. The number of hydrogen-bond acceptors (Lipinski definition) is 3. The number of nitrogens with one attached hydrogen (secondary N) is 2. The summed E-state index contributed by atoms with van der Waals surface area (Å²) in [6.07, 6.45) is 4.78. The van der Waals surface area contributed by atoms with Gasteiger partial charge >= 0.3 is 0 Å². The summed E-state index contributed by atoms with van der Waals surface area (Å²) in [5, 5.41) is 7.47. The predicted octanol–water partition coefficient (Wildman–Crippen LogP) is 3.20. The third-order valence-corrected chi connectivity index (χ3v) is 4.57. The van der Waals surface area contributed by atoms with Crippen LogP contribution in [0.4, 0.5) is 5.69 Å². The van der Waals surface area contributed by atoms with Crippen molar-refractivity contribution in [3.05, 3.63) is 36.5 Å². The average Bonchev–Trinajstić information content (AvgIpc) is 2.56. The quantitative estimate of drug-likeness (QED) is 0.911. The van der Waals surface area contributed by atoms with Crippen molar-refractivity contribution in [2.45, 2.75) is 26.2 Å². The molecule has 3 rings (SSSR count). The molecular formula is C18H23N3O. The maximum atomic E-state index is 12.4. The summed E-state index contributed by atoms with van der Waals surface area (Å²) < 4.78 is 0. The van der Waals surface area contributed by atoms with Crippen molar-refractivity contribution in [3.63, 3.8) is 0 Å². The number of nitrogens with zero attached hydrogens (tertiary/aromatic N) is 1. The molecule has 1 amide bonds. The molecule has 1 aromatic carbocycles. The van der Waals surface area contributed by atoms with E-state index in [4.69, 9.17) is 0 Å². The predicted molar refractivity (Wildman–Crippen MR) is 89.7 cm³/mol. The van der Waals surface area contributed by atoms with E-state index in [2.05, 4.69) is 22.5 Å². The molecule has 116 valence electrons. The largest absolute Gasteiger partial charge is 0.325 e. The molecule has 1 aliphatic rings. The standard InChI is InChI=1S/C18H23N3O/c1-13(14-5-3-9-19-12-14)11-18(22)21-17-8-2-7-16-15(17)6-4-10-20-16/h2,4,6-8,10,13-14,19H,3,5,9,11-12H2,1H3,(H,21,22). The summed E-state index contributed by atoms with van der Waals surface area (Å²) >= 11 is 0. The SMILES string of the molecule is CC(CC(=O)Nc1cccc2ncccc12)C1CCCNC1. The lowest BCUT2D eigenvalue weighted by Gasteiger charge is -2.28. The van der Waals surface area contributed by atoms with Crippen LogP contribution in [0.25, 0.3) is 10.9 Å². The van der Waals surface area contributed by atoms with Crippen LogP contribution in [0.1, 0.15) is 26.2 Å². The van der Waals surface area contributed by atoms with E-state index < -0.39 is 0 Å². The minimum Gasteiger partial charge on any atom is -0.325 e. The normalized spacial score (nSPS) is 19.8. The first-order chi connectivity index (χ1) is 10.7. The fraction of sp³-hybridized carbons (Fsp3) is 0.444. The van der Waals surface area contributed by atoms with Gasteiger partial charge in [0.25, 0.3) is 0 Å². The Kier molecular flexibility index (Phi) is 4.68. The second-order valence-electron chi connectivity index (χ2n) is 6.21. The highest BCUT2D eigenvalue weighted by Crippen LogP contribution is 2.25. The smallest absolute Gasteiger partial charge is 0.224 e. The summed E-state index contributed by atoms with van der Waals surface area (Å²) in [6, 6.07) is 9.72. The Hall–Kier alpha value is -1.94. The lowest BCUT2D eigenvalue weighted by molar-refractivity contribution is -0.117. The number of carbonyl (C=O) groups excluding carboxylic acids is 1. The highest BCUT2D eigenvalue weighted by atomic mass is 16.1. The Morgan fingerprint density at radius 2 is 2.32 bits per heavy atom. The number of piperidine rings is 1. The molecular weight excluding hydrogens is 274 g/mol. The first-order valence-corrected chi connectivity index (χ1v) is 8.08. The van der Waals surface area contributed by atoms with Crippen molar-refractivity contribution in [1.82, 2.24) is 10.3 Å². The lowest BCUT2D eigenvalue weighted by atomic mass is 9.85.